The van der Waals surface area contributed by atoms with Crippen LogP contribution in [0.2, 0.25) is 5.02 Å². The van der Waals surface area contributed by atoms with E-state index in [2.05, 4.69) is 34.3 Å². The van der Waals surface area contributed by atoms with Gasteiger partial charge >= 0.3 is 6.18 Å². The highest BCUT2D eigenvalue weighted by Crippen LogP contribution is 2.31. The standard InChI is InChI=1S/C36H43ClF3N5O2/c1-3-43(4-2)24-33(26-11-13-29(14-12-26)36(38,39)40)44-17-19-45(20-18-44)35(47)32(21-25-9-15-30(37)16-10-25)42-34(46)31-22-27-7-5-6-8-28(27)23-41-31/h5-16,31-33,41H,3-4,17-24H2,1-2H3,(H,42,46)/t31-,32-,33?/m1/s1. The maximum atomic E-state index is 14.1. The van der Waals surface area contributed by atoms with E-state index in [9.17, 15) is 22.8 Å². The number of alkyl halides is 3. The second-order valence-corrected chi connectivity index (χ2v) is 12.7. The molecule has 5 rings (SSSR count). The lowest BCUT2D eigenvalue weighted by atomic mass is 9.95. The van der Waals surface area contributed by atoms with Crippen molar-refractivity contribution in [1.29, 1.82) is 0 Å². The number of carbonyl (C=O) groups excluding carboxylic acids is 2. The van der Waals surface area contributed by atoms with Gasteiger partial charge < -0.3 is 20.4 Å². The summed E-state index contributed by atoms with van der Waals surface area (Å²) in [6.07, 6.45) is -3.53. The first-order valence-corrected chi connectivity index (χ1v) is 16.7. The highest BCUT2D eigenvalue weighted by molar-refractivity contribution is 6.30. The van der Waals surface area contributed by atoms with Gasteiger partial charge in [-0.2, -0.15) is 13.2 Å². The van der Waals surface area contributed by atoms with Crippen LogP contribution in [0.3, 0.4) is 0 Å². The largest absolute Gasteiger partial charge is 0.416 e. The molecule has 252 valence electrons. The third-order valence-corrected chi connectivity index (χ3v) is 9.63. The van der Waals surface area contributed by atoms with Crippen molar-refractivity contribution in [3.05, 3.63) is 106 Å². The second-order valence-electron chi connectivity index (χ2n) is 12.3. The van der Waals surface area contributed by atoms with Crippen LogP contribution in [-0.2, 0) is 35.2 Å². The fraction of sp³-hybridized carbons (Fsp3) is 0.444. The van der Waals surface area contributed by atoms with Crippen LogP contribution < -0.4 is 10.6 Å². The number of likely N-dealkylation sites (N-methyl/N-ethyl adjacent to an activating group) is 1. The van der Waals surface area contributed by atoms with Crippen LogP contribution in [0.25, 0.3) is 0 Å². The fourth-order valence-corrected chi connectivity index (χ4v) is 6.62. The smallest absolute Gasteiger partial charge is 0.343 e. The monoisotopic (exact) mass is 669 g/mol. The Morgan fingerprint density at radius 2 is 1.57 bits per heavy atom. The number of amides is 2. The number of fused-ring (bicyclic) bond motifs is 1. The Hall–Kier alpha value is -3.44. The number of benzene rings is 3. The molecule has 2 amide bonds. The minimum Gasteiger partial charge on any atom is -0.343 e. The average molecular weight is 670 g/mol. The molecule has 1 unspecified atom stereocenters. The number of nitrogens with one attached hydrogen (secondary N) is 2. The first-order chi connectivity index (χ1) is 22.5. The van der Waals surface area contributed by atoms with Gasteiger partial charge in [0.1, 0.15) is 6.04 Å². The van der Waals surface area contributed by atoms with Crippen LogP contribution in [0.15, 0.2) is 72.8 Å². The molecule has 0 saturated carbocycles. The van der Waals surface area contributed by atoms with Gasteiger partial charge in [-0.25, -0.2) is 0 Å². The Bertz CT molecular complexity index is 1490. The molecule has 0 spiro atoms. The van der Waals surface area contributed by atoms with Gasteiger partial charge in [-0.3, -0.25) is 14.5 Å². The topological polar surface area (TPSA) is 67.9 Å². The van der Waals surface area contributed by atoms with Crippen molar-refractivity contribution in [2.75, 3.05) is 45.8 Å². The minimum atomic E-state index is -4.39. The SMILES string of the molecule is CCN(CC)CC(c1ccc(C(F)(F)F)cc1)N1CCN(C(=O)[C@@H](Cc2ccc(Cl)cc2)NC(=O)[C@H]2Cc3ccccc3CN2)CC1. The van der Waals surface area contributed by atoms with Crippen molar-refractivity contribution >= 4 is 23.4 Å². The van der Waals surface area contributed by atoms with Gasteiger partial charge in [0.2, 0.25) is 11.8 Å². The zero-order chi connectivity index (χ0) is 33.6. The molecular weight excluding hydrogens is 627 g/mol. The highest BCUT2D eigenvalue weighted by Gasteiger charge is 2.35. The lowest BCUT2D eigenvalue weighted by molar-refractivity contribution is -0.138. The molecule has 0 aromatic heterocycles. The van der Waals surface area contributed by atoms with Crippen molar-refractivity contribution in [1.82, 2.24) is 25.3 Å². The number of halogens is 4. The molecule has 3 aromatic carbocycles. The molecule has 11 heteroatoms. The maximum Gasteiger partial charge on any atom is 0.416 e. The van der Waals surface area contributed by atoms with Crippen LogP contribution in [0.5, 0.6) is 0 Å². The van der Waals surface area contributed by atoms with Gasteiger partial charge in [0.25, 0.3) is 0 Å². The van der Waals surface area contributed by atoms with Crippen molar-refractivity contribution in [3.63, 3.8) is 0 Å². The van der Waals surface area contributed by atoms with E-state index < -0.39 is 23.8 Å². The predicted octanol–water partition coefficient (Wildman–Crippen LogP) is 5.33. The minimum absolute atomic E-state index is 0.126. The third kappa shape index (κ3) is 8.93. The Morgan fingerprint density at radius 3 is 2.19 bits per heavy atom. The summed E-state index contributed by atoms with van der Waals surface area (Å²) < 4.78 is 39.9. The molecule has 2 N–H and O–H groups in total. The summed E-state index contributed by atoms with van der Waals surface area (Å²) in [5.41, 5.74) is 3.32. The summed E-state index contributed by atoms with van der Waals surface area (Å²) in [6.45, 7) is 9.02. The Labute approximate surface area is 280 Å². The van der Waals surface area contributed by atoms with Gasteiger partial charge in [0.05, 0.1) is 11.6 Å². The van der Waals surface area contributed by atoms with E-state index in [0.29, 0.717) is 57.1 Å². The molecule has 7 nitrogen and oxygen atoms in total. The molecule has 2 aliphatic rings. The number of carbonyl (C=O) groups is 2. The number of nitrogens with zero attached hydrogens (tertiary/aromatic N) is 3. The number of hydrogen-bond donors (Lipinski definition) is 2. The zero-order valence-electron chi connectivity index (χ0n) is 26.9. The molecule has 0 bridgehead atoms. The lowest BCUT2D eigenvalue weighted by Gasteiger charge is -2.42. The normalized spacial score (nSPS) is 18.4. The summed E-state index contributed by atoms with van der Waals surface area (Å²) >= 11 is 6.11. The summed E-state index contributed by atoms with van der Waals surface area (Å²) in [6, 6.07) is 19.4. The third-order valence-electron chi connectivity index (χ3n) is 9.38. The second kappa shape index (κ2) is 15.6. The quantitative estimate of drug-likeness (QED) is 0.289. The van der Waals surface area contributed by atoms with Crippen LogP contribution in [0, 0.1) is 0 Å². The predicted molar refractivity (Wildman–Crippen MR) is 178 cm³/mol. The van der Waals surface area contributed by atoms with Gasteiger partial charge in [-0.15, -0.1) is 0 Å². The van der Waals surface area contributed by atoms with Crippen LogP contribution in [0.4, 0.5) is 13.2 Å². The number of hydrogen-bond acceptors (Lipinski definition) is 5. The van der Waals surface area contributed by atoms with Crippen LogP contribution in [-0.4, -0.2) is 84.4 Å². The van der Waals surface area contributed by atoms with E-state index >= 15 is 0 Å². The molecule has 0 radical (unpaired) electrons. The molecule has 2 aliphatic heterocycles. The van der Waals surface area contributed by atoms with Gasteiger partial charge in [0, 0.05) is 56.8 Å². The molecule has 2 heterocycles. The average Bonchev–Trinajstić information content (AvgIpc) is 3.08. The Kier molecular flexibility index (Phi) is 11.6. The first kappa shape index (κ1) is 34.9. The van der Waals surface area contributed by atoms with E-state index in [-0.39, 0.29) is 17.9 Å². The van der Waals surface area contributed by atoms with Crippen LogP contribution >= 0.6 is 11.6 Å². The lowest BCUT2D eigenvalue weighted by Crippen LogP contribution is -2.58. The summed E-state index contributed by atoms with van der Waals surface area (Å²) in [5, 5.41) is 6.96. The highest BCUT2D eigenvalue weighted by atomic mass is 35.5. The Morgan fingerprint density at radius 1 is 0.936 bits per heavy atom. The summed E-state index contributed by atoms with van der Waals surface area (Å²) in [7, 11) is 0. The number of rotatable bonds is 11. The van der Waals surface area contributed by atoms with Crippen molar-refractivity contribution < 1.29 is 22.8 Å². The van der Waals surface area contributed by atoms with Crippen molar-refractivity contribution in [3.8, 4) is 0 Å². The number of piperazine rings is 1. The maximum absolute atomic E-state index is 14.1. The molecule has 3 aromatic rings. The summed E-state index contributed by atoms with van der Waals surface area (Å²) in [5.74, 6) is -0.369. The van der Waals surface area contributed by atoms with E-state index in [1.54, 1.807) is 29.2 Å². The van der Waals surface area contributed by atoms with Crippen LogP contribution in [0.1, 0.15) is 47.7 Å². The fourth-order valence-electron chi connectivity index (χ4n) is 6.49. The molecule has 0 aliphatic carbocycles. The van der Waals surface area contributed by atoms with E-state index in [0.717, 1.165) is 41.9 Å². The van der Waals surface area contributed by atoms with E-state index in [4.69, 9.17) is 11.6 Å². The van der Waals surface area contributed by atoms with E-state index in [1.807, 2.05) is 36.4 Å². The molecule has 1 saturated heterocycles. The summed E-state index contributed by atoms with van der Waals surface area (Å²) in [4.78, 5) is 33.9. The molecule has 47 heavy (non-hydrogen) atoms. The van der Waals surface area contributed by atoms with Gasteiger partial charge in [0.15, 0.2) is 0 Å². The molecule has 3 atom stereocenters. The van der Waals surface area contributed by atoms with Gasteiger partial charge in [-0.1, -0.05) is 74.0 Å². The van der Waals surface area contributed by atoms with Crippen molar-refractivity contribution in [2.45, 2.75) is 57.5 Å². The Balaban J connectivity index is 1.29. The van der Waals surface area contributed by atoms with E-state index in [1.165, 1.54) is 5.56 Å². The molecular formula is C36H43ClF3N5O2. The zero-order valence-corrected chi connectivity index (χ0v) is 27.7. The first-order valence-electron chi connectivity index (χ1n) is 16.3. The van der Waals surface area contributed by atoms with Gasteiger partial charge in [-0.05, 0) is 66.0 Å². The van der Waals surface area contributed by atoms with Crippen molar-refractivity contribution in [2.24, 2.45) is 0 Å². The molecule has 1 fully saturated rings.